The number of benzene rings is 3. The summed E-state index contributed by atoms with van der Waals surface area (Å²) in [6.45, 7) is 0. The van der Waals surface area contributed by atoms with E-state index in [0.29, 0.717) is 5.15 Å². The lowest BCUT2D eigenvalue weighted by Gasteiger charge is -2.36. The number of aromatic nitrogens is 3. The van der Waals surface area contributed by atoms with Gasteiger partial charge in [0.15, 0.2) is 0 Å². The van der Waals surface area contributed by atoms with Gasteiger partial charge < -0.3 is 0 Å². The van der Waals surface area contributed by atoms with Gasteiger partial charge in [0, 0.05) is 12.4 Å². The summed E-state index contributed by atoms with van der Waals surface area (Å²) >= 11 is 6.39. The molecule has 0 bridgehead atoms. The second-order valence-electron chi connectivity index (χ2n) is 6.92. The quantitative estimate of drug-likeness (QED) is 0.279. The van der Waals surface area contributed by atoms with Crippen molar-refractivity contribution < 1.29 is 0 Å². The summed E-state index contributed by atoms with van der Waals surface area (Å²) in [5.74, 6) is 0. The van der Waals surface area contributed by atoms with Crippen molar-refractivity contribution >= 4 is 22.5 Å². The predicted molar refractivity (Wildman–Crippen MR) is 117 cm³/mol. The Morgan fingerprint density at radius 2 is 1.14 bits per heavy atom. The summed E-state index contributed by atoms with van der Waals surface area (Å²) < 4.78 is 2.02. The second-order valence-corrected chi connectivity index (χ2v) is 7.27. The Bertz CT molecular complexity index is 1150. The molecule has 0 saturated heterocycles. The van der Waals surface area contributed by atoms with Crippen molar-refractivity contribution in [1.29, 1.82) is 0 Å². The molecular weight excluding hydrogens is 378 g/mol. The van der Waals surface area contributed by atoms with Crippen LogP contribution in [0.15, 0.2) is 109 Å². The van der Waals surface area contributed by atoms with E-state index in [2.05, 4.69) is 77.8 Å². The highest BCUT2D eigenvalue weighted by Crippen LogP contribution is 2.41. The Labute approximate surface area is 174 Å². The number of pyridine rings is 1. The van der Waals surface area contributed by atoms with E-state index in [1.54, 1.807) is 6.20 Å². The van der Waals surface area contributed by atoms with Gasteiger partial charge in [-0.05, 0) is 22.8 Å². The highest BCUT2D eigenvalue weighted by Gasteiger charge is 2.39. The van der Waals surface area contributed by atoms with Crippen molar-refractivity contribution in [1.82, 2.24) is 14.8 Å². The average Bonchev–Trinajstić information content (AvgIpc) is 3.23. The monoisotopic (exact) mass is 395 g/mol. The number of fused-ring (bicyclic) bond motifs is 1. The lowest BCUT2D eigenvalue weighted by Crippen LogP contribution is -2.38. The number of halogens is 1. The molecule has 0 aliphatic rings. The molecule has 5 rings (SSSR count). The van der Waals surface area contributed by atoms with Gasteiger partial charge in [0.2, 0.25) is 0 Å². The fraction of sp³-hybridized carbons (Fsp3) is 0.0400. The zero-order valence-electron chi connectivity index (χ0n) is 15.6. The van der Waals surface area contributed by atoms with Crippen LogP contribution in [0, 0.1) is 0 Å². The molecule has 0 aliphatic heterocycles. The topological polar surface area (TPSA) is 30.7 Å². The van der Waals surface area contributed by atoms with Crippen LogP contribution in [0.3, 0.4) is 0 Å². The van der Waals surface area contributed by atoms with E-state index in [1.165, 1.54) is 0 Å². The molecule has 0 radical (unpaired) electrons. The molecule has 29 heavy (non-hydrogen) atoms. The lowest BCUT2D eigenvalue weighted by atomic mass is 9.77. The second kappa shape index (κ2) is 7.19. The van der Waals surface area contributed by atoms with Gasteiger partial charge in [-0.15, -0.1) is 0 Å². The number of hydrogen-bond acceptors (Lipinski definition) is 2. The molecule has 2 heterocycles. The van der Waals surface area contributed by atoms with Crippen LogP contribution in [0.1, 0.15) is 16.7 Å². The molecule has 3 nitrogen and oxygen atoms in total. The SMILES string of the molecule is Clc1nccc2nn(C(c3ccccc3)(c3ccccc3)c3ccccc3)cc12. The minimum atomic E-state index is -0.647. The minimum Gasteiger partial charge on any atom is -0.252 e. The Morgan fingerprint density at radius 3 is 1.59 bits per heavy atom. The Balaban J connectivity index is 1.93. The summed E-state index contributed by atoms with van der Waals surface area (Å²) in [4.78, 5) is 4.23. The van der Waals surface area contributed by atoms with Crippen LogP contribution in [0.5, 0.6) is 0 Å². The molecule has 140 valence electrons. The van der Waals surface area contributed by atoms with Crippen LogP contribution in [0.4, 0.5) is 0 Å². The highest BCUT2D eigenvalue weighted by atomic mass is 35.5. The third-order valence-electron chi connectivity index (χ3n) is 5.30. The molecule has 4 heteroatoms. The van der Waals surface area contributed by atoms with Crippen LogP contribution < -0.4 is 0 Å². The molecule has 0 N–H and O–H groups in total. The number of hydrogen-bond donors (Lipinski definition) is 0. The first-order chi connectivity index (χ1) is 14.3. The highest BCUT2D eigenvalue weighted by molar-refractivity contribution is 6.34. The molecular formula is C25H18ClN3. The van der Waals surface area contributed by atoms with E-state index in [4.69, 9.17) is 16.7 Å². The van der Waals surface area contributed by atoms with Crippen LogP contribution in [0.25, 0.3) is 10.9 Å². The Hall–Kier alpha value is -3.43. The van der Waals surface area contributed by atoms with E-state index in [-0.39, 0.29) is 0 Å². The van der Waals surface area contributed by atoms with E-state index in [1.807, 2.05) is 35.1 Å². The molecule has 0 amide bonds. The van der Waals surface area contributed by atoms with Crippen molar-refractivity contribution in [3.8, 4) is 0 Å². The maximum atomic E-state index is 6.39. The summed E-state index contributed by atoms with van der Waals surface area (Å²) in [7, 11) is 0. The van der Waals surface area contributed by atoms with Crippen molar-refractivity contribution in [3.05, 3.63) is 131 Å². The molecule has 3 aromatic carbocycles. The van der Waals surface area contributed by atoms with Crippen molar-refractivity contribution in [2.24, 2.45) is 0 Å². The predicted octanol–water partition coefficient (Wildman–Crippen LogP) is 5.92. The molecule has 0 aliphatic carbocycles. The van der Waals surface area contributed by atoms with Gasteiger partial charge in [0.25, 0.3) is 0 Å². The standard InChI is InChI=1S/C25H18ClN3/c26-24-22-18-29(28-23(22)16-17-27-24)25(19-10-4-1-5-11-19,20-12-6-2-7-13-20)21-14-8-3-9-15-21/h1-18H. The third-order valence-corrected chi connectivity index (χ3v) is 5.60. The summed E-state index contributed by atoms with van der Waals surface area (Å²) in [6.07, 6.45) is 3.69. The maximum Gasteiger partial charge on any atom is 0.139 e. The molecule has 2 aromatic heterocycles. The Kier molecular flexibility index (Phi) is 4.38. The van der Waals surface area contributed by atoms with Gasteiger partial charge in [0.05, 0.1) is 10.9 Å². The summed E-state index contributed by atoms with van der Waals surface area (Å²) in [6, 6.07) is 33.2. The van der Waals surface area contributed by atoms with E-state index in [9.17, 15) is 0 Å². The smallest absolute Gasteiger partial charge is 0.139 e. The molecule has 5 aromatic rings. The van der Waals surface area contributed by atoms with E-state index < -0.39 is 5.54 Å². The van der Waals surface area contributed by atoms with Crippen LogP contribution in [-0.4, -0.2) is 14.8 Å². The van der Waals surface area contributed by atoms with Crippen molar-refractivity contribution in [3.63, 3.8) is 0 Å². The normalized spacial score (nSPS) is 11.6. The van der Waals surface area contributed by atoms with Gasteiger partial charge in [-0.1, -0.05) is 103 Å². The maximum absolute atomic E-state index is 6.39. The van der Waals surface area contributed by atoms with Crippen LogP contribution in [-0.2, 0) is 5.54 Å². The Morgan fingerprint density at radius 1 is 0.655 bits per heavy atom. The van der Waals surface area contributed by atoms with Crippen LogP contribution >= 0.6 is 11.6 Å². The first-order valence-electron chi connectivity index (χ1n) is 9.47. The minimum absolute atomic E-state index is 0.455. The van der Waals surface area contributed by atoms with Gasteiger partial charge >= 0.3 is 0 Å². The van der Waals surface area contributed by atoms with Crippen LogP contribution in [0.2, 0.25) is 5.15 Å². The van der Waals surface area contributed by atoms with Crippen molar-refractivity contribution in [2.75, 3.05) is 0 Å². The summed E-state index contributed by atoms with van der Waals surface area (Å²) in [5, 5.41) is 6.26. The van der Waals surface area contributed by atoms with Gasteiger partial charge in [-0.25, -0.2) is 4.98 Å². The zero-order chi connectivity index (χ0) is 19.7. The third kappa shape index (κ3) is 2.82. The zero-order valence-corrected chi connectivity index (χ0v) is 16.4. The van der Waals surface area contributed by atoms with E-state index in [0.717, 1.165) is 27.6 Å². The summed E-state index contributed by atoms with van der Waals surface area (Å²) in [5.41, 5.74) is 3.53. The molecule has 0 atom stereocenters. The number of nitrogens with zero attached hydrogens (tertiary/aromatic N) is 3. The average molecular weight is 396 g/mol. The molecule has 0 fully saturated rings. The molecule has 0 spiro atoms. The van der Waals surface area contributed by atoms with E-state index >= 15 is 0 Å². The lowest BCUT2D eigenvalue weighted by molar-refractivity contribution is 0.464. The van der Waals surface area contributed by atoms with Gasteiger partial charge in [-0.3, -0.25) is 4.68 Å². The fourth-order valence-corrected chi connectivity index (χ4v) is 4.22. The molecule has 0 saturated carbocycles. The molecule has 0 unspecified atom stereocenters. The largest absolute Gasteiger partial charge is 0.252 e. The van der Waals surface area contributed by atoms with Gasteiger partial charge in [-0.2, -0.15) is 5.10 Å². The van der Waals surface area contributed by atoms with Gasteiger partial charge in [0.1, 0.15) is 10.7 Å². The first-order valence-corrected chi connectivity index (χ1v) is 9.85. The van der Waals surface area contributed by atoms with Crippen molar-refractivity contribution in [2.45, 2.75) is 5.54 Å². The fourth-order valence-electron chi connectivity index (χ4n) is 4.02. The first kappa shape index (κ1) is 17.7. The number of rotatable bonds is 4.